The second-order valence-electron chi connectivity index (χ2n) is 10.3. The summed E-state index contributed by atoms with van der Waals surface area (Å²) in [6.45, 7) is 3.00. The number of pyridine rings is 1. The highest BCUT2D eigenvalue weighted by Crippen LogP contribution is 2.32. The van der Waals surface area contributed by atoms with E-state index in [4.69, 9.17) is 0 Å². The Morgan fingerprint density at radius 3 is 2.58 bits per heavy atom. The van der Waals surface area contributed by atoms with Gasteiger partial charge in [0.05, 0.1) is 17.3 Å². The molecule has 1 saturated carbocycles. The first-order valence-corrected chi connectivity index (χ1v) is 13.2. The highest BCUT2D eigenvalue weighted by molar-refractivity contribution is 5.95. The maximum absolute atomic E-state index is 13.4. The van der Waals surface area contributed by atoms with Gasteiger partial charge in [0.1, 0.15) is 0 Å². The highest BCUT2D eigenvalue weighted by atomic mass is 16.1. The van der Waals surface area contributed by atoms with Gasteiger partial charge in [0.2, 0.25) is 0 Å². The summed E-state index contributed by atoms with van der Waals surface area (Å²) in [6, 6.07) is 22.0. The van der Waals surface area contributed by atoms with Gasteiger partial charge < -0.3 is 10.2 Å². The van der Waals surface area contributed by atoms with Crippen LogP contribution in [0.3, 0.4) is 0 Å². The van der Waals surface area contributed by atoms with Crippen LogP contribution in [0.4, 0.5) is 0 Å². The van der Waals surface area contributed by atoms with Crippen molar-refractivity contribution >= 4 is 5.91 Å². The maximum atomic E-state index is 13.4. The maximum Gasteiger partial charge on any atom is 0.251 e. The molecule has 184 valence electrons. The molecule has 0 unspecified atom stereocenters. The second-order valence-corrected chi connectivity index (χ2v) is 10.3. The Bertz CT molecular complexity index is 1240. The third kappa shape index (κ3) is 5.66. The van der Waals surface area contributed by atoms with E-state index in [0.29, 0.717) is 5.56 Å². The van der Waals surface area contributed by atoms with E-state index >= 15 is 0 Å². The van der Waals surface area contributed by atoms with E-state index < -0.39 is 0 Å². The van der Waals surface area contributed by atoms with Gasteiger partial charge in [-0.05, 0) is 79.6 Å². The molecule has 0 radical (unpaired) electrons. The molecule has 0 saturated heterocycles. The minimum Gasteiger partial charge on any atom is -0.347 e. The number of hydrogen-bond acceptors (Lipinski definition) is 4. The molecule has 5 heteroatoms. The first-order chi connectivity index (χ1) is 17.6. The molecular weight excluding hydrogens is 444 g/mol. The molecule has 36 heavy (non-hydrogen) atoms. The molecule has 0 atom stereocenters. The average Bonchev–Trinajstić information content (AvgIpc) is 3.15. The fraction of sp³-hybridized carbons (Fsp3) is 0.387. The second kappa shape index (κ2) is 11.1. The zero-order valence-electron chi connectivity index (χ0n) is 20.9. The third-order valence-corrected chi connectivity index (χ3v) is 7.91. The Morgan fingerprint density at radius 1 is 0.972 bits per heavy atom. The van der Waals surface area contributed by atoms with Gasteiger partial charge in [-0.1, -0.05) is 43.5 Å². The van der Waals surface area contributed by atoms with Crippen LogP contribution in [0.15, 0.2) is 66.9 Å². The van der Waals surface area contributed by atoms with Crippen molar-refractivity contribution in [3.8, 4) is 17.3 Å². The first kappa shape index (κ1) is 24.2. The SMILES string of the molecule is N#Cc1ccc2c(c1)CCN(CCC1(NC(=O)c3cccc(-c4ccccn4)c3)CCCCC1)CC2. The Balaban J connectivity index is 1.25. The van der Waals surface area contributed by atoms with E-state index in [9.17, 15) is 10.1 Å². The molecule has 1 aromatic heterocycles. The summed E-state index contributed by atoms with van der Waals surface area (Å²) in [5, 5.41) is 12.7. The van der Waals surface area contributed by atoms with Crippen molar-refractivity contribution < 1.29 is 4.79 Å². The van der Waals surface area contributed by atoms with E-state index in [1.807, 2.05) is 48.5 Å². The van der Waals surface area contributed by atoms with E-state index in [-0.39, 0.29) is 11.4 Å². The van der Waals surface area contributed by atoms with Crippen molar-refractivity contribution in [1.29, 1.82) is 5.26 Å². The lowest BCUT2D eigenvalue weighted by Gasteiger charge is -2.39. The zero-order chi connectivity index (χ0) is 24.8. The molecule has 1 fully saturated rings. The van der Waals surface area contributed by atoms with E-state index in [0.717, 1.165) is 81.4 Å². The molecule has 5 rings (SSSR count). The molecule has 5 nitrogen and oxygen atoms in total. The van der Waals surface area contributed by atoms with Crippen LogP contribution < -0.4 is 5.32 Å². The van der Waals surface area contributed by atoms with Crippen LogP contribution >= 0.6 is 0 Å². The molecule has 1 amide bonds. The monoisotopic (exact) mass is 478 g/mol. The quantitative estimate of drug-likeness (QED) is 0.505. The number of rotatable bonds is 6. The molecule has 1 aliphatic carbocycles. The minimum absolute atomic E-state index is 0.0157. The van der Waals surface area contributed by atoms with Crippen molar-refractivity contribution in [2.45, 2.75) is 56.9 Å². The summed E-state index contributed by atoms with van der Waals surface area (Å²) in [5.41, 5.74) is 5.81. The summed E-state index contributed by atoms with van der Waals surface area (Å²) in [4.78, 5) is 20.4. The largest absolute Gasteiger partial charge is 0.347 e. The number of nitrogens with one attached hydrogen (secondary N) is 1. The van der Waals surface area contributed by atoms with E-state index in [1.54, 1.807) is 6.20 Å². The highest BCUT2D eigenvalue weighted by Gasteiger charge is 2.34. The number of hydrogen-bond donors (Lipinski definition) is 1. The van der Waals surface area contributed by atoms with Gasteiger partial charge in [0.15, 0.2) is 0 Å². The number of aromatic nitrogens is 1. The Morgan fingerprint density at radius 2 is 1.81 bits per heavy atom. The number of amides is 1. The van der Waals surface area contributed by atoms with Gasteiger partial charge in [-0.3, -0.25) is 9.78 Å². The van der Waals surface area contributed by atoms with Crippen LogP contribution in [0.1, 0.15) is 65.6 Å². The van der Waals surface area contributed by atoms with Crippen molar-refractivity contribution in [1.82, 2.24) is 15.2 Å². The minimum atomic E-state index is -0.149. The average molecular weight is 479 g/mol. The lowest BCUT2D eigenvalue weighted by atomic mass is 9.79. The van der Waals surface area contributed by atoms with Crippen LogP contribution in [0, 0.1) is 11.3 Å². The molecule has 3 aromatic rings. The normalized spacial score (nSPS) is 17.4. The Kier molecular flexibility index (Phi) is 7.44. The number of carbonyl (C=O) groups is 1. The number of carbonyl (C=O) groups excluding carboxylic acids is 1. The summed E-state index contributed by atoms with van der Waals surface area (Å²) in [5.74, 6) is 0.0157. The summed E-state index contributed by atoms with van der Waals surface area (Å²) in [7, 11) is 0. The standard InChI is InChI=1S/C31H34N4O/c32-23-24-10-11-25-12-18-35(19-13-26(25)21-24)20-16-31(14-3-1-4-15-31)34-30(36)28-8-6-7-27(22-28)29-9-2-5-17-33-29/h2,5-11,17,21-22H,1,3-4,12-16,18-20H2,(H,34,36). The number of fused-ring (bicyclic) bond motifs is 1. The van der Waals surface area contributed by atoms with Crippen LogP contribution in [-0.4, -0.2) is 41.0 Å². The summed E-state index contributed by atoms with van der Waals surface area (Å²) < 4.78 is 0. The predicted octanol–water partition coefficient (Wildman–Crippen LogP) is 5.54. The first-order valence-electron chi connectivity index (χ1n) is 13.2. The molecule has 2 aliphatic rings. The van der Waals surface area contributed by atoms with Gasteiger partial charge >= 0.3 is 0 Å². The smallest absolute Gasteiger partial charge is 0.251 e. The van der Waals surface area contributed by atoms with Crippen LogP contribution in [-0.2, 0) is 12.8 Å². The van der Waals surface area contributed by atoms with Crippen molar-refractivity contribution in [2.24, 2.45) is 0 Å². The number of benzene rings is 2. The molecule has 0 bridgehead atoms. The number of nitriles is 1. The fourth-order valence-corrected chi connectivity index (χ4v) is 5.77. The van der Waals surface area contributed by atoms with Gasteiger partial charge in [-0.25, -0.2) is 0 Å². The van der Waals surface area contributed by atoms with E-state index in [2.05, 4.69) is 33.4 Å². The predicted molar refractivity (Wildman–Crippen MR) is 143 cm³/mol. The summed E-state index contributed by atoms with van der Waals surface area (Å²) in [6.07, 6.45) is 10.4. The van der Waals surface area contributed by atoms with Gasteiger partial charge in [-0.2, -0.15) is 5.26 Å². The van der Waals surface area contributed by atoms with Gasteiger partial charge in [0, 0.05) is 42.5 Å². The molecule has 2 heterocycles. The lowest BCUT2D eigenvalue weighted by Crippen LogP contribution is -2.51. The molecule has 2 aromatic carbocycles. The molecule has 0 spiro atoms. The fourth-order valence-electron chi connectivity index (χ4n) is 5.77. The third-order valence-electron chi connectivity index (χ3n) is 7.91. The van der Waals surface area contributed by atoms with Crippen molar-refractivity contribution in [3.63, 3.8) is 0 Å². The molecule has 1 aliphatic heterocycles. The van der Waals surface area contributed by atoms with Crippen LogP contribution in [0.25, 0.3) is 11.3 Å². The molecule has 1 N–H and O–H groups in total. The summed E-state index contributed by atoms with van der Waals surface area (Å²) >= 11 is 0. The topological polar surface area (TPSA) is 69.0 Å². The van der Waals surface area contributed by atoms with Gasteiger partial charge in [0.25, 0.3) is 5.91 Å². The van der Waals surface area contributed by atoms with Crippen molar-refractivity contribution in [2.75, 3.05) is 19.6 Å². The van der Waals surface area contributed by atoms with Crippen LogP contribution in [0.5, 0.6) is 0 Å². The molecular formula is C31H34N4O. The Labute approximate surface area is 214 Å². The van der Waals surface area contributed by atoms with Gasteiger partial charge in [-0.15, -0.1) is 0 Å². The Hall–Kier alpha value is -3.49. The van der Waals surface area contributed by atoms with E-state index in [1.165, 1.54) is 17.5 Å². The van der Waals surface area contributed by atoms with Crippen LogP contribution in [0.2, 0.25) is 0 Å². The lowest BCUT2D eigenvalue weighted by molar-refractivity contribution is 0.0844. The number of nitrogens with zero attached hydrogens (tertiary/aromatic N) is 3. The van der Waals surface area contributed by atoms with Crippen molar-refractivity contribution in [3.05, 3.63) is 89.1 Å². The zero-order valence-corrected chi connectivity index (χ0v) is 20.9.